The van der Waals surface area contributed by atoms with Crippen molar-refractivity contribution >= 4 is 32.7 Å². The van der Waals surface area contributed by atoms with Crippen molar-refractivity contribution in [3.63, 3.8) is 0 Å². The number of carbonyl (C=O) groups is 1. The minimum Gasteiger partial charge on any atom is -0.306 e. The van der Waals surface area contributed by atoms with Crippen molar-refractivity contribution < 1.29 is 9.18 Å². The summed E-state index contributed by atoms with van der Waals surface area (Å²) in [6.45, 7) is 0. The number of hydrogen-bond donors (Lipinski definition) is 2. The standard InChI is InChI=1S/C14H8BrFN2O2/c15-10-3-2-8(16)6-9(10)13(19)7-1-4-11-12(5-7)18-14(20)17-11/h1-6H,(H2,17,18,20). The predicted molar refractivity (Wildman–Crippen MR) is 76.5 cm³/mol. The first kappa shape index (κ1) is 12.8. The number of imidazole rings is 1. The predicted octanol–water partition coefficient (Wildman–Crippen LogP) is 2.99. The molecule has 0 fully saturated rings. The number of fused-ring (bicyclic) bond motifs is 1. The molecule has 0 aliphatic heterocycles. The van der Waals surface area contributed by atoms with Gasteiger partial charge in [0.2, 0.25) is 0 Å². The van der Waals surface area contributed by atoms with Gasteiger partial charge in [0.1, 0.15) is 5.82 Å². The van der Waals surface area contributed by atoms with E-state index in [9.17, 15) is 14.0 Å². The zero-order chi connectivity index (χ0) is 14.3. The number of rotatable bonds is 2. The van der Waals surface area contributed by atoms with Crippen LogP contribution in [-0.2, 0) is 0 Å². The molecule has 0 saturated carbocycles. The second kappa shape index (κ2) is 4.72. The van der Waals surface area contributed by atoms with E-state index in [0.29, 0.717) is 21.1 Å². The maximum absolute atomic E-state index is 13.3. The van der Waals surface area contributed by atoms with Crippen molar-refractivity contribution in [2.45, 2.75) is 0 Å². The molecule has 0 aliphatic carbocycles. The molecule has 0 bridgehead atoms. The second-order valence-corrected chi connectivity index (χ2v) is 5.15. The third kappa shape index (κ3) is 2.18. The van der Waals surface area contributed by atoms with E-state index in [1.54, 1.807) is 18.2 Å². The zero-order valence-corrected chi connectivity index (χ0v) is 11.6. The maximum Gasteiger partial charge on any atom is 0.323 e. The van der Waals surface area contributed by atoms with Crippen LogP contribution in [0.2, 0.25) is 0 Å². The van der Waals surface area contributed by atoms with Crippen LogP contribution in [0.25, 0.3) is 11.0 Å². The normalized spacial score (nSPS) is 10.9. The van der Waals surface area contributed by atoms with E-state index in [1.165, 1.54) is 18.2 Å². The molecule has 2 aromatic carbocycles. The Morgan fingerprint density at radius 1 is 1.05 bits per heavy atom. The van der Waals surface area contributed by atoms with Gasteiger partial charge in [-0.2, -0.15) is 0 Å². The third-order valence-corrected chi connectivity index (χ3v) is 3.64. The van der Waals surface area contributed by atoms with Crippen LogP contribution in [0.3, 0.4) is 0 Å². The Kier molecular flexibility index (Phi) is 3.02. The van der Waals surface area contributed by atoms with Gasteiger partial charge in [0.15, 0.2) is 5.78 Å². The molecule has 6 heteroatoms. The van der Waals surface area contributed by atoms with Crippen molar-refractivity contribution in [1.82, 2.24) is 9.97 Å². The largest absolute Gasteiger partial charge is 0.323 e. The average Bonchev–Trinajstić information content (AvgIpc) is 2.79. The van der Waals surface area contributed by atoms with Crippen molar-refractivity contribution in [1.29, 1.82) is 0 Å². The molecule has 0 unspecified atom stereocenters. The topological polar surface area (TPSA) is 65.7 Å². The first-order valence-corrected chi connectivity index (χ1v) is 6.56. The van der Waals surface area contributed by atoms with Gasteiger partial charge < -0.3 is 9.97 Å². The SMILES string of the molecule is O=C(c1ccc2[nH]c(=O)[nH]c2c1)c1cc(F)ccc1Br. The lowest BCUT2D eigenvalue weighted by Crippen LogP contribution is -2.03. The monoisotopic (exact) mass is 334 g/mol. The number of ketones is 1. The number of hydrogen-bond acceptors (Lipinski definition) is 2. The molecule has 4 nitrogen and oxygen atoms in total. The number of carbonyl (C=O) groups excluding carboxylic acids is 1. The zero-order valence-electron chi connectivity index (χ0n) is 10.0. The third-order valence-electron chi connectivity index (χ3n) is 2.95. The first-order valence-electron chi connectivity index (χ1n) is 5.76. The van der Waals surface area contributed by atoms with Crippen LogP contribution in [0.15, 0.2) is 45.7 Å². The molecule has 1 heterocycles. The summed E-state index contributed by atoms with van der Waals surface area (Å²) < 4.78 is 13.8. The van der Waals surface area contributed by atoms with E-state index in [2.05, 4.69) is 25.9 Å². The summed E-state index contributed by atoms with van der Waals surface area (Å²) in [5, 5.41) is 0. The summed E-state index contributed by atoms with van der Waals surface area (Å²) in [7, 11) is 0. The van der Waals surface area contributed by atoms with Crippen molar-refractivity contribution in [2.24, 2.45) is 0 Å². The van der Waals surface area contributed by atoms with E-state index in [1.807, 2.05) is 0 Å². The highest BCUT2D eigenvalue weighted by molar-refractivity contribution is 9.10. The number of nitrogens with one attached hydrogen (secondary N) is 2. The van der Waals surface area contributed by atoms with E-state index in [4.69, 9.17) is 0 Å². The summed E-state index contributed by atoms with van der Waals surface area (Å²) in [5.74, 6) is -0.798. The number of aromatic nitrogens is 2. The molecule has 1 aromatic heterocycles. The van der Waals surface area contributed by atoms with Gasteiger partial charge in [-0.05, 0) is 36.4 Å². The Labute approximate surface area is 120 Å². The molecule has 0 atom stereocenters. The van der Waals surface area contributed by atoms with Crippen LogP contribution < -0.4 is 5.69 Å². The van der Waals surface area contributed by atoms with Gasteiger partial charge >= 0.3 is 5.69 Å². The fourth-order valence-electron chi connectivity index (χ4n) is 2.00. The van der Waals surface area contributed by atoms with Gasteiger partial charge in [0.25, 0.3) is 0 Å². The Morgan fingerprint density at radius 2 is 1.80 bits per heavy atom. The van der Waals surface area contributed by atoms with Crippen molar-refractivity contribution in [3.05, 3.63) is 68.3 Å². The van der Waals surface area contributed by atoms with Crippen LogP contribution in [-0.4, -0.2) is 15.8 Å². The number of H-pyrrole nitrogens is 2. The highest BCUT2D eigenvalue weighted by Crippen LogP contribution is 2.22. The number of benzene rings is 2. The van der Waals surface area contributed by atoms with Gasteiger partial charge in [-0.3, -0.25) is 4.79 Å². The Morgan fingerprint density at radius 3 is 2.60 bits per heavy atom. The van der Waals surface area contributed by atoms with Gasteiger partial charge in [-0.15, -0.1) is 0 Å². The quantitative estimate of drug-likeness (QED) is 0.707. The van der Waals surface area contributed by atoms with Gasteiger partial charge in [-0.25, -0.2) is 9.18 Å². The van der Waals surface area contributed by atoms with E-state index in [0.717, 1.165) is 0 Å². The minimum atomic E-state index is -0.479. The molecule has 3 aromatic rings. The number of halogens is 2. The molecule has 3 rings (SSSR count). The molecule has 0 radical (unpaired) electrons. The van der Waals surface area contributed by atoms with Crippen molar-refractivity contribution in [2.75, 3.05) is 0 Å². The summed E-state index contributed by atoms with van der Waals surface area (Å²) in [6, 6.07) is 8.72. The van der Waals surface area contributed by atoms with Crippen LogP contribution in [0.5, 0.6) is 0 Å². The summed E-state index contributed by atoms with van der Waals surface area (Å²) in [6.07, 6.45) is 0. The van der Waals surface area contributed by atoms with E-state index in [-0.39, 0.29) is 17.0 Å². The van der Waals surface area contributed by atoms with Crippen molar-refractivity contribution in [3.8, 4) is 0 Å². The first-order chi connectivity index (χ1) is 9.54. The van der Waals surface area contributed by atoms with Gasteiger partial charge in [0, 0.05) is 15.6 Å². The molecule has 20 heavy (non-hydrogen) atoms. The van der Waals surface area contributed by atoms with Crippen LogP contribution in [0, 0.1) is 5.82 Å². The molecule has 2 N–H and O–H groups in total. The molecular weight excluding hydrogens is 327 g/mol. The molecule has 0 aliphatic rings. The molecule has 0 spiro atoms. The van der Waals surface area contributed by atoms with Crippen LogP contribution >= 0.6 is 15.9 Å². The lowest BCUT2D eigenvalue weighted by molar-refractivity contribution is 0.103. The Hall–Kier alpha value is -2.21. The lowest BCUT2D eigenvalue weighted by atomic mass is 10.0. The van der Waals surface area contributed by atoms with E-state index >= 15 is 0 Å². The Bertz CT molecular complexity index is 882. The summed E-state index contributed by atoms with van der Waals surface area (Å²) in [5.41, 5.74) is 1.43. The summed E-state index contributed by atoms with van der Waals surface area (Å²) in [4.78, 5) is 28.7. The van der Waals surface area contributed by atoms with Gasteiger partial charge in [-0.1, -0.05) is 15.9 Å². The minimum absolute atomic E-state index is 0.238. The van der Waals surface area contributed by atoms with Crippen LogP contribution in [0.4, 0.5) is 4.39 Å². The van der Waals surface area contributed by atoms with E-state index < -0.39 is 5.82 Å². The molecule has 0 amide bonds. The highest BCUT2D eigenvalue weighted by Gasteiger charge is 2.14. The molecular formula is C14H8BrFN2O2. The molecule has 100 valence electrons. The van der Waals surface area contributed by atoms with Gasteiger partial charge in [0.05, 0.1) is 11.0 Å². The highest BCUT2D eigenvalue weighted by atomic mass is 79.9. The smallest absolute Gasteiger partial charge is 0.306 e. The Balaban J connectivity index is 2.12. The second-order valence-electron chi connectivity index (χ2n) is 4.29. The number of aromatic amines is 2. The maximum atomic E-state index is 13.3. The fraction of sp³-hybridized carbons (Fsp3) is 0. The fourth-order valence-corrected chi connectivity index (χ4v) is 2.43. The molecule has 0 saturated heterocycles. The summed E-state index contributed by atoms with van der Waals surface area (Å²) >= 11 is 3.23. The van der Waals surface area contributed by atoms with Crippen LogP contribution in [0.1, 0.15) is 15.9 Å². The average molecular weight is 335 g/mol. The lowest BCUT2D eigenvalue weighted by Gasteiger charge is -2.04.